The molecule has 5 heteroatoms. The van der Waals surface area contributed by atoms with E-state index < -0.39 is 0 Å². The second kappa shape index (κ2) is 6.17. The van der Waals surface area contributed by atoms with Crippen LogP contribution in [-0.2, 0) is 4.79 Å². The van der Waals surface area contributed by atoms with Crippen LogP contribution < -0.4 is 0 Å². The highest BCUT2D eigenvalue weighted by atomic mass is 79.9. The third-order valence-corrected chi connectivity index (χ3v) is 4.52. The van der Waals surface area contributed by atoms with Crippen molar-refractivity contribution < 1.29 is 4.79 Å². The van der Waals surface area contributed by atoms with E-state index in [1.165, 1.54) is 0 Å². The van der Waals surface area contributed by atoms with Gasteiger partial charge in [0.2, 0.25) is 5.91 Å². The van der Waals surface area contributed by atoms with Crippen LogP contribution in [0.4, 0.5) is 0 Å². The molecule has 0 radical (unpaired) electrons. The van der Waals surface area contributed by atoms with Crippen LogP contribution in [0.3, 0.4) is 0 Å². The summed E-state index contributed by atoms with van der Waals surface area (Å²) in [5.41, 5.74) is 1.03. The van der Waals surface area contributed by atoms with Crippen LogP contribution in [0.2, 0.25) is 0 Å². The van der Waals surface area contributed by atoms with Crippen LogP contribution in [0, 0.1) is 17.2 Å². The number of thiophene rings is 1. The highest BCUT2D eigenvalue weighted by Gasteiger charge is 2.20. The Morgan fingerprint density at radius 1 is 1.56 bits per heavy atom. The third-order valence-electron chi connectivity index (χ3n) is 3.00. The first-order valence-corrected chi connectivity index (χ1v) is 7.47. The summed E-state index contributed by atoms with van der Waals surface area (Å²) in [4.78, 5) is 13.7. The van der Waals surface area contributed by atoms with Crippen molar-refractivity contribution >= 4 is 39.2 Å². The Morgan fingerprint density at radius 2 is 2.28 bits per heavy atom. The van der Waals surface area contributed by atoms with Gasteiger partial charge in [0.05, 0.1) is 9.86 Å². The first-order chi connectivity index (χ1) is 8.69. The Labute approximate surface area is 119 Å². The summed E-state index contributed by atoms with van der Waals surface area (Å²) >= 11 is 4.99. The summed E-state index contributed by atoms with van der Waals surface area (Å²) < 4.78 is 1.06. The largest absolute Gasteiger partial charge is 0.339 e. The van der Waals surface area contributed by atoms with Gasteiger partial charge in [0.15, 0.2) is 0 Å². The van der Waals surface area contributed by atoms with E-state index in [0.29, 0.717) is 13.1 Å². The minimum Gasteiger partial charge on any atom is -0.339 e. The standard InChI is InChI=1S/C13H13BrN2OS/c14-12-7-11(9-18-12)1-2-13(17)16-5-3-10(8-15)4-6-16/h1-2,7,9-10H,3-6H2. The predicted molar refractivity (Wildman–Crippen MR) is 76.0 cm³/mol. The molecule has 1 aromatic rings. The molecule has 94 valence electrons. The lowest BCUT2D eigenvalue weighted by atomic mass is 9.98. The molecule has 1 aliphatic rings. The maximum absolute atomic E-state index is 11.9. The molecule has 0 saturated carbocycles. The average Bonchev–Trinajstić information content (AvgIpc) is 2.82. The Hall–Kier alpha value is -1.12. The minimum atomic E-state index is 0.0358. The van der Waals surface area contributed by atoms with Crippen LogP contribution in [0.15, 0.2) is 21.3 Å². The van der Waals surface area contributed by atoms with Gasteiger partial charge in [0, 0.05) is 25.1 Å². The van der Waals surface area contributed by atoms with Crippen LogP contribution >= 0.6 is 27.3 Å². The van der Waals surface area contributed by atoms with E-state index in [9.17, 15) is 4.79 Å². The van der Waals surface area contributed by atoms with Crippen molar-refractivity contribution in [2.45, 2.75) is 12.8 Å². The van der Waals surface area contributed by atoms with Crippen molar-refractivity contribution in [1.82, 2.24) is 4.90 Å². The van der Waals surface area contributed by atoms with E-state index in [2.05, 4.69) is 22.0 Å². The monoisotopic (exact) mass is 324 g/mol. The zero-order chi connectivity index (χ0) is 13.0. The zero-order valence-electron chi connectivity index (χ0n) is 9.80. The predicted octanol–water partition coefficient (Wildman–Crippen LogP) is 3.29. The number of carbonyl (C=O) groups excluding carboxylic acids is 1. The molecule has 1 fully saturated rings. The van der Waals surface area contributed by atoms with E-state index in [4.69, 9.17) is 5.26 Å². The highest BCUT2D eigenvalue weighted by Crippen LogP contribution is 2.22. The molecular weight excluding hydrogens is 312 g/mol. The van der Waals surface area contributed by atoms with E-state index in [0.717, 1.165) is 22.2 Å². The molecule has 0 aliphatic carbocycles. The van der Waals surface area contributed by atoms with Crippen LogP contribution in [0.5, 0.6) is 0 Å². The van der Waals surface area contributed by atoms with Gasteiger partial charge in [0.25, 0.3) is 0 Å². The van der Waals surface area contributed by atoms with Gasteiger partial charge in [-0.15, -0.1) is 11.3 Å². The number of carbonyl (C=O) groups is 1. The highest BCUT2D eigenvalue weighted by molar-refractivity contribution is 9.11. The van der Waals surface area contributed by atoms with Crippen LogP contribution in [0.25, 0.3) is 6.08 Å². The van der Waals surface area contributed by atoms with E-state index in [1.807, 2.05) is 22.4 Å². The average molecular weight is 325 g/mol. The van der Waals surface area contributed by atoms with Gasteiger partial charge in [-0.2, -0.15) is 5.26 Å². The summed E-state index contributed by atoms with van der Waals surface area (Å²) in [6.07, 6.45) is 5.03. The Morgan fingerprint density at radius 3 is 2.83 bits per heavy atom. The van der Waals surface area contributed by atoms with Gasteiger partial charge < -0.3 is 4.90 Å². The van der Waals surface area contributed by atoms with E-state index >= 15 is 0 Å². The number of nitriles is 1. The summed E-state index contributed by atoms with van der Waals surface area (Å²) in [5, 5.41) is 10.8. The van der Waals surface area contributed by atoms with E-state index in [1.54, 1.807) is 17.4 Å². The van der Waals surface area contributed by atoms with Crippen molar-refractivity contribution in [3.63, 3.8) is 0 Å². The topological polar surface area (TPSA) is 44.1 Å². The molecule has 2 heterocycles. The molecule has 2 rings (SSSR count). The van der Waals surface area contributed by atoms with Gasteiger partial charge in [-0.1, -0.05) is 0 Å². The lowest BCUT2D eigenvalue weighted by Crippen LogP contribution is -2.37. The molecule has 1 saturated heterocycles. The van der Waals surface area contributed by atoms with Crippen molar-refractivity contribution in [1.29, 1.82) is 5.26 Å². The number of piperidine rings is 1. The molecule has 3 nitrogen and oxygen atoms in total. The molecule has 18 heavy (non-hydrogen) atoms. The normalized spacial score (nSPS) is 17.0. The maximum atomic E-state index is 11.9. The smallest absolute Gasteiger partial charge is 0.246 e. The van der Waals surface area contributed by atoms with Crippen LogP contribution in [-0.4, -0.2) is 23.9 Å². The lowest BCUT2D eigenvalue weighted by molar-refractivity contribution is -0.127. The summed E-state index contributed by atoms with van der Waals surface area (Å²) in [6, 6.07) is 4.25. The lowest BCUT2D eigenvalue weighted by Gasteiger charge is -2.28. The molecule has 1 aliphatic heterocycles. The number of hydrogen-bond donors (Lipinski definition) is 0. The first-order valence-electron chi connectivity index (χ1n) is 5.79. The fraction of sp³-hybridized carbons (Fsp3) is 0.385. The number of halogens is 1. The quantitative estimate of drug-likeness (QED) is 0.783. The summed E-state index contributed by atoms with van der Waals surface area (Å²) in [5.74, 6) is 0.152. The Balaban J connectivity index is 1.89. The second-order valence-electron chi connectivity index (χ2n) is 4.25. The number of amides is 1. The zero-order valence-corrected chi connectivity index (χ0v) is 12.2. The minimum absolute atomic E-state index is 0.0358. The van der Waals surface area contributed by atoms with E-state index in [-0.39, 0.29) is 11.8 Å². The number of nitrogens with zero attached hydrogens (tertiary/aromatic N) is 2. The van der Waals surface area contributed by atoms with Crippen molar-refractivity contribution in [3.8, 4) is 6.07 Å². The third kappa shape index (κ3) is 3.44. The van der Waals surface area contributed by atoms with Crippen molar-refractivity contribution in [2.24, 2.45) is 5.92 Å². The summed E-state index contributed by atoms with van der Waals surface area (Å²) in [7, 11) is 0. The fourth-order valence-electron chi connectivity index (χ4n) is 1.91. The first kappa shape index (κ1) is 13.3. The SMILES string of the molecule is N#CC1CCN(C(=O)C=Cc2csc(Br)c2)CC1. The number of likely N-dealkylation sites (tertiary alicyclic amines) is 1. The van der Waals surface area contributed by atoms with Gasteiger partial charge in [-0.25, -0.2) is 0 Å². The van der Waals surface area contributed by atoms with Gasteiger partial charge in [-0.05, 0) is 51.9 Å². The molecule has 1 aromatic heterocycles. The number of hydrogen-bond acceptors (Lipinski definition) is 3. The van der Waals surface area contributed by atoms with Gasteiger partial charge in [0.1, 0.15) is 0 Å². The second-order valence-corrected chi connectivity index (χ2v) is 6.54. The Bertz CT molecular complexity index is 495. The Kier molecular flexibility index (Phi) is 4.56. The fourth-order valence-corrected chi connectivity index (χ4v) is 3.06. The molecule has 0 unspecified atom stereocenters. The van der Waals surface area contributed by atoms with Gasteiger partial charge in [-0.3, -0.25) is 4.79 Å². The van der Waals surface area contributed by atoms with Crippen LogP contribution in [0.1, 0.15) is 18.4 Å². The number of rotatable bonds is 2. The van der Waals surface area contributed by atoms with Crippen molar-refractivity contribution in [2.75, 3.05) is 13.1 Å². The molecular formula is C13H13BrN2OS. The van der Waals surface area contributed by atoms with Gasteiger partial charge >= 0.3 is 0 Å². The van der Waals surface area contributed by atoms with Crippen molar-refractivity contribution in [3.05, 3.63) is 26.9 Å². The summed E-state index contributed by atoms with van der Waals surface area (Å²) in [6.45, 7) is 1.38. The molecule has 0 atom stereocenters. The maximum Gasteiger partial charge on any atom is 0.246 e. The molecule has 0 spiro atoms. The molecule has 0 N–H and O–H groups in total. The molecule has 0 aromatic carbocycles. The molecule has 1 amide bonds. The molecule has 0 bridgehead atoms.